The summed E-state index contributed by atoms with van der Waals surface area (Å²) in [5, 5.41) is 1.19. The van der Waals surface area contributed by atoms with Crippen LogP contribution in [0.15, 0.2) is 34.2 Å². The zero-order valence-corrected chi connectivity index (χ0v) is 16.5. The highest BCUT2D eigenvalue weighted by Crippen LogP contribution is 2.36. The standard InChI is InChI=1S/C19H19N3O3S2/c1-2-25-12-8-6-11(7-9-12)22-18(24)16-13-4-3-5-14(13)27-17(16)21-19(22)26-10-15(20)23/h6-9H,2-5,10H2,1H3,(H2,20,23). The summed E-state index contributed by atoms with van der Waals surface area (Å²) in [5.41, 5.74) is 7.05. The number of aromatic nitrogens is 2. The Bertz CT molecular complexity index is 1070. The van der Waals surface area contributed by atoms with Gasteiger partial charge in [-0.05, 0) is 56.0 Å². The third kappa shape index (κ3) is 3.35. The number of fused-ring (bicyclic) bond motifs is 3. The largest absolute Gasteiger partial charge is 0.494 e. The van der Waals surface area contributed by atoms with E-state index < -0.39 is 5.91 Å². The SMILES string of the molecule is CCOc1ccc(-n2c(SCC(N)=O)nc3sc4c(c3c2=O)CCC4)cc1. The van der Waals surface area contributed by atoms with Crippen molar-refractivity contribution in [2.75, 3.05) is 12.4 Å². The van der Waals surface area contributed by atoms with Gasteiger partial charge in [-0.25, -0.2) is 4.98 Å². The number of thioether (sulfide) groups is 1. The number of ether oxygens (including phenoxy) is 1. The quantitative estimate of drug-likeness (QED) is 0.507. The molecule has 0 saturated carbocycles. The van der Waals surface area contributed by atoms with E-state index in [1.807, 2.05) is 31.2 Å². The van der Waals surface area contributed by atoms with Crippen molar-refractivity contribution in [3.8, 4) is 11.4 Å². The predicted molar refractivity (Wildman–Crippen MR) is 108 cm³/mol. The lowest BCUT2D eigenvalue weighted by Gasteiger charge is -2.12. The fourth-order valence-electron chi connectivity index (χ4n) is 3.34. The number of carbonyl (C=O) groups is 1. The third-order valence-corrected chi connectivity index (χ3v) is 6.60. The van der Waals surface area contributed by atoms with Gasteiger partial charge in [0.1, 0.15) is 10.6 Å². The Morgan fingerprint density at radius 3 is 2.81 bits per heavy atom. The summed E-state index contributed by atoms with van der Waals surface area (Å²) in [7, 11) is 0. The van der Waals surface area contributed by atoms with Crippen molar-refractivity contribution in [3.63, 3.8) is 0 Å². The monoisotopic (exact) mass is 401 g/mol. The maximum Gasteiger partial charge on any atom is 0.267 e. The number of hydrogen-bond donors (Lipinski definition) is 1. The van der Waals surface area contributed by atoms with Crippen LogP contribution in [-0.4, -0.2) is 27.8 Å². The fourth-order valence-corrected chi connectivity index (χ4v) is 5.40. The van der Waals surface area contributed by atoms with Crippen molar-refractivity contribution in [2.45, 2.75) is 31.3 Å². The number of hydrogen-bond acceptors (Lipinski definition) is 6. The van der Waals surface area contributed by atoms with Crippen molar-refractivity contribution >= 4 is 39.2 Å². The molecule has 1 amide bonds. The van der Waals surface area contributed by atoms with Gasteiger partial charge in [0.2, 0.25) is 5.91 Å². The molecule has 27 heavy (non-hydrogen) atoms. The number of rotatable bonds is 6. The van der Waals surface area contributed by atoms with E-state index in [-0.39, 0.29) is 11.3 Å². The highest BCUT2D eigenvalue weighted by atomic mass is 32.2. The lowest BCUT2D eigenvalue weighted by molar-refractivity contribution is -0.115. The summed E-state index contributed by atoms with van der Waals surface area (Å²) in [6, 6.07) is 7.33. The van der Waals surface area contributed by atoms with E-state index in [1.165, 1.54) is 16.6 Å². The topological polar surface area (TPSA) is 87.2 Å². The van der Waals surface area contributed by atoms with Gasteiger partial charge < -0.3 is 10.5 Å². The van der Waals surface area contributed by atoms with E-state index in [9.17, 15) is 9.59 Å². The van der Waals surface area contributed by atoms with Gasteiger partial charge in [-0.2, -0.15) is 0 Å². The number of nitrogens with two attached hydrogens (primary N) is 1. The molecule has 0 atom stereocenters. The predicted octanol–water partition coefficient (Wildman–Crippen LogP) is 2.91. The second kappa shape index (κ2) is 7.36. The maximum atomic E-state index is 13.4. The summed E-state index contributed by atoms with van der Waals surface area (Å²) in [6.07, 6.45) is 3.00. The molecule has 2 aromatic heterocycles. The lowest BCUT2D eigenvalue weighted by Crippen LogP contribution is -2.23. The van der Waals surface area contributed by atoms with Crippen molar-refractivity contribution in [1.82, 2.24) is 9.55 Å². The number of amides is 1. The van der Waals surface area contributed by atoms with Crippen molar-refractivity contribution < 1.29 is 9.53 Å². The molecule has 2 heterocycles. The summed E-state index contributed by atoms with van der Waals surface area (Å²) in [6.45, 7) is 2.50. The van der Waals surface area contributed by atoms with Crippen LogP contribution in [0, 0.1) is 0 Å². The van der Waals surface area contributed by atoms with E-state index in [1.54, 1.807) is 15.9 Å². The normalized spacial score (nSPS) is 13.1. The summed E-state index contributed by atoms with van der Waals surface area (Å²) in [5.74, 6) is 0.368. The number of primary amides is 1. The molecular formula is C19H19N3O3S2. The van der Waals surface area contributed by atoms with Gasteiger partial charge in [-0.3, -0.25) is 14.2 Å². The molecule has 1 aliphatic rings. The van der Waals surface area contributed by atoms with Crippen LogP contribution in [0.5, 0.6) is 5.75 Å². The average Bonchev–Trinajstić information content (AvgIpc) is 3.22. The Morgan fingerprint density at radius 2 is 2.11 bits per heavy atom. The number of benzene rings is 1. The van der Waals surface area contributed by atoms with Crippen LogP contribution in [0.3, 0.4) is 0 Å². The first-order valence-corrected chi connectivity index (χ1v) is 10.6. The van der Waals surface area contributed by atoms with Crippen molar-refractivity contribution in [2.24, 2.45) is 5.73 Å². The Morgan fingerprint density at radius 1 is 1.33 bits per heavy atom. The van der Waals surface area contributed by atoms with Crippen LogP contribution in [0.4, 0.5) is 0 Å². The molecule has 0 aliphatic heterocycles. The minimum atomic E-state index is -0.443. The molecule has 0 saturated heterocycles. The molecule has 1 aliphatic carbocycles. The van der Waals surface area contributed by atoms with Gasteiger partial charge in [0.25, 0.3) is 5.56 Å². The molecule has 6 nitrogen and oxygen atoms in total. The number of nitrogens with zero attached hydrogens (tertiary/aromatic N) is 2. The van der Waals surface area contributed by atoms with Crippen LogP contribution in [0.1, 0.15) is 23.8 Å². The van der Waals surface area contributed by atoms with E-state index in [4.69, 9.17) is 15.5 Å². The first kappa shape index (κ1) is 18.1. The Labute approximate surface area is 164 Å². The Kier molecular flexibility index (Phi) is 4.92. The van der Waals surface area contributed by atoms with Gasteiger partial charge in [0.15, 0.2) is 5.16 Å². The minimum Gasteiger partial charge on any atom is -0.494 e. The molecule has 3 aromatic rings. The highest BCUT2D eigenvalue weighted by molar-refractivity contribution is 7.99. The van der Waals surface area contributed by atoms with Crippen LogP contribution in [0.25, 0.3) is 15.9 Å². The molecule has 0 spiro atoms. The van der Waals surface area contributed by atoms with Gasteiger partial charge in [0, 0.05) is 4.88 Å². The highest BCUT2D eigenvalue weighted by Gasteiger charge is 2.24. The van der Waals surface area contributed by atoms with Crippen LogP contribution >= 0.6 is 23.1 Å². The first-order chi connectivity index (χ1) is 13.1. The Hall–Kier alpha value is -2.32. The van der Waals surface area contributed by atoms with E-state index >= 15 is 0 Å². The summed E-state index contributed by atoms with van der Waals surface area (Å²) in [4.78, 5) is 31.4. The van der Waals surface area contributed by atoms with Gasteiger partial charge in [-0.1, -0.05) is 11.8 Å². The molecule has 1 aromatic carbocycles. The van der Waals surface area contributed by atoms with E-state index in [2.05, 4.69) is 0 Å². The number of aryl methyl sites for hydroxylation is 2. The lowest BCUT2D eigenvalue weighted by atomic mass is 10.2. The van der Waals surface area contributed by atoms with Crippen molar-refractivity contribution in [3.05, 3.63) is 45.1 Å². The van der Waals surface area contributed by atoms with Gasteiger partial charge in [0.05, 0.1) is 23.4 Å². The first-order valence-electron chi connectivity index (χ1n) is 8.80. The van der Waals surface area contributed by atoms with Gasteiger partial charge in [-0.15, -0.1) is 11.3 Å². The summed E-state index contributed by atoms with van der Waals surface area (Å²) >= 11 is 2.77. The number of carbonyl (C=O) groups excluding carboxylic acids is 1. The molecular weight excluding hydrogens is 382 g/mol. The fraction of sp³-hybridized carbons (Fsp3) is 0.316. The molecule has 4 rings (SSSR count). The molecule has 0 unspecified atom stereocenters. The van der Waals surface area contributed by atoms with E-state index in [0.717, 1.165) is 35.4 Å². The second-order valence-corrected chi connectivity index (χ2v) is 8.28. The number of thiophene rings is 1. The second-order valence-electron chi connectivity index (χ2n) is 6.25. The van der Waals surface area contributed by atoms with Crippen LogP contribution in [-0.2, 0) is 17.6 Å². The van der Waals surface area contributed by atoms with E-state index in [0.29, 0.717) is 22.8 Å². The molecule has 2 N–H and O–H groups in total. The smallest absolute Gasteiger partial charge is 0.267 e. The molecule has 140 valence electrons. The zero-order chi connectivity index (χ0) is 19.0. The minimum absolute atomic E-state index is 0.0695. The summed E-state index contributed by atoms with van der Waals surface area (Å²) < 4.78 is 7.07. The Balaban J connectivity index is 1.89. The maximum absolute atomic E-state index is 13.4. The average molecular weight is 402 g/mol. The third-order valence-electron chi connectivity index (χ3n) is 4.46. The molecule has 8 heteroatoms. The van der Waals surface area contributed by atoms with Crippen molar-refractivity contribution in [1.29, 1.82) is 0 Å². The van der Waals surface area contributed by atoms with Crippen LogP contribution < -0.4 is 16.0 Å². The van der Waals surface area contributed by atoms with Crippen LogP contribution in [0.2, 0.25) is 0 Å². The van der Waals surface area contributed by atoms with Gasteiger partial charge >= 0.3 is 0 Å². The molecule has 0 radical (unpaired) electrons. The molecule has 0 fully saturated rings. The zero-order valence-electron chi connectivity index (χ0n) is 14.9. The molecule has 0 bridgehead atoms.